The summed E-state index contributed by atoms with van der Waals surface area (Å²) in [6.45, 7) is 8.00. The summed E-state index contributed by atoms with van der Waals surface area (Å²) in [7, 11) is 2.06. The lowest BCUT2D eigenvalue weighted by Gasteiger charge is -2.55. The molecule has 1 aliphatic carbocycles. The molecule has 0 radical (unpaired) electrons. The lowest BCUT2D eigenvalue weighted by atomic mass is 9.62. The van der Waals surface area contributed by atoms with Crippen molar-refractivity contribution in [2.75, 3.05) is 20.1 Å². The molecule has 5 heteroatoms. The predicted octanol–water partition coefficient (Wildman–Crippen LogP) is 4.07. The maximum absolute atomic E-state index is 12.9. The lowest BCUT2D eigenvalue weighted by molar-refractivity contribution is -0.127. The van der Waals surface area contributed by atoms with Crippen molar-refractivity contribution in [3.05, 3.63) is 65.0 Å². The standard InChI is InChI=1S/C26H35N3O2/c1-18(2)19-9-11-21(12-10-19)26(31,25(3)16-29(4)17-25)22-13-20(14-27-15-22)24(30)28-23-7-5-6-8-23/h9-15,18,23,31H,5-8,16-17H2,1-4H3,(H,28,30). The highest BCUT2D eigenvalue weighted by Gasteiger charge is 2.55. The third kappa shape index (κ3) is 4.01. The van der Waals surface area contributed by atoms with Crippen molar-refractivity contribution in [2.24, 2.45) is 5.41 Å². The molecule has 2 heterocycles. The predicted molar refractivity (Wildman–Crippen MR) is 123 cm³/mol. The summed E-state index contributed by atoms with van der Waals surface area (Å²) in [6, 6.07) is 10.3. The number of benzene rings is 1. The molecule has 2 N–H and O–H groups in total. The SMILES string of the molecule is CC(C)c1ccc(C(O)(c2cncc(C(=O)NC3CCCC3)c2)C2(C)CN(C)C2)cc1. The van der Waals surface area contributed by atoms with Crippen LogP contribution in [0.3, 0.4) is 0 Å². The first-order valence-electron chi connectivity index (χ1n) is 11.5. The molecule has 1 aromatic heterocycles. The molecule has 166 valence electrons. The first-order valence-corrected chi connectivity index (χ1v) is 11.5. The molecule has 1 amide bonds. The van der Waals surface area contributed by atoms with E-state index in [0.717, 1.165) is 31.5 Å². The minimum Gasteiger partial charge on any atom is -0.380 e. The molecule has 1 aliphatic heterocycles. The molecule has 4 rings (SSSR count). The van der Waals surface area contributed by atoms with Crippen molar-refractivity contribution in [2.45, 2.75) is 64.0 Å². The topological polar surface area (TPSA) is 65.5 Å². The highest BCUT2D eigenvalue weighted by molar-refractivity contribution is 5.94. The van der Waals surface area contributed by atoms with E-state index in [-0.39, 0.29) is 17.4 Å². The second-order valence-corrected chi connectivity index (χ2v) is 10.1. The van der Waals surface area contributed by atoms with Crippen LogP contribution >= 0.6 is 0 Å². The number of likely N-dealkylation sites (tertiary alicyclic amines) is 1. The van der Waals surface area contributed by atoms with Crippen LogP contribution in [0.15, 0.2) is 42.7 Å². The Hall–Kier alpha value is -2.24. The molecule has 31 heavy (non-hydrogen) atoms. The number of carbonyl (C=O) groups excluding carboxylic acids is 1. The largest absolute Gasteiger partial charge is 0.380 e. The fourth-order valence-electron chi connectivity index (χ4n) is 5.45. The number of amides is 1. The molecule has 2 aromatic rings. The fourth-order valence-corrected chi connectivity index (χ4v) is 5.45. The summed E-state index contributed by atoms with van der Waals surface area (Å²) in [6.07, 6.45) is 7.73. The molecule has 0 bridgehead atoms. The van der Waals surface area contributed by atoms with Gasteiger partial charge in [0.05, 0.1) is 5.56 Å². The molecular weight excluding hydrogens is 386 g/mol. The highest BCUT2D eigenvalue weighted by atomic mass is 16.3. The zero-order valence-corrected chi connectivity index (χ0v) is 19.2. The van der Waals surface area contributed by atoms with E-state index in [1.165, 1.54) is 18.4 Å². The molecule has 1 saturated heterocycles. The van der Waals surface area contributed by atoms with E-state index in [1.807, 2.05) is 18.2 Å². The minimum atomic E-state index is -1.23. The summed E-state index contributed by atoms with van der Waals surface area (Å²) in [5.74, 6) is 0.325. The van der Waals surface area contributed by atoms with Crippen LogP contribution in [0.1, 0.15) is 79.4 Å². The lowest BCUT2D eigenvalue weighted by Crippen LogP contribution is -2.63. The Morgan fingerprint density at radius 2 is 1.81 bits per heavy atom. The van der Waals surface area contributed by atoms with Crippen LogP contribution in [0.5, 0.6) is 0 Å². The van der Waals surface area contributed by atoms with E-state index in [0.29, 0.717) is 17.0 Å². The second-order valence-electron chi connectivity index (χ2n) is 10.1. The van der Waals surface area contributed by atoms with Crippen molar-refractivity contribution in [1.82, 2.24) is 15.2 Å². The molecule has 1 saturated carbocycles. The summed E-state index contributed by atoms with van der Waals surface area (Å²) in [5, 5.41) is 15.4. The smallest absolute Gasteiger partial charge is 0.253 e. The molecule has 2 fully saturated rings. The average Bonchev–Trinajstić information content (AvgIpc) is 3.25. The van der Waals surface area contributed by atoms with Crippen molar-refractivity contribution in [3.63, 3.8) is 0 Å². The second kappa shape index (κ2) is 8.36. The van der Waals surface area contributed by atoms with E-state index < -0.39 is 5.60 Å². The number of pyridine rings is 1. The van der Waals surface area contributed by atoms with E-state index in [1.54, 1.807) is 12.4 Å². The number of aliphatic hydroxyl groups is 1. The van der Waals surface area contributed by atoms with Gasteiger partial charge in [-0.15, -0.1) is 0 Å². The molecule has 0 spiro atoms. The maximum atomic E-state index is 12.9. The number of nitrogens with zero attached hydrogens (tertiary/aromatic N) is 2. The number of carbonyl (C=O) groups is 1. The quantitative estimate of drug-likeness (QED) is 0.738. The van der Waals surface area contributed by atoms with Gasteiger partial charge in [-0.3, -0.25) is 9.78 Å². The van der Waals surface area contributed by atoms with Gasteiger partial charge in [0.2, 0.25) is 0 Å². The van der Waals surface area contributed by atoms with Crippen molar-refractivity contribution in [1.29, 1.82) is 0 Å². The number of hydrogen-bond acceptors (Lipinski definition) is 4. The van der Waals surface area contributed by atoms with Crippen LogP contribution in [0.25, 0.3) is 0 Å². The molecule has 1 aromatic carbocycles. The van der Waals surface area contributed by atoms with Gasteiger partial charge in [0, 0.05) is 42.5 Å². The normalized spacial score (nSPS) is 21.0. The Balaban J connectivity index is 1.71. The van der Waals surface area contributed by atoms with Crippen molar-refractivity contribution in [3.8, 4) is 0 Å². The van der Waals surface area contributed by atoms with Crippen LogP contribution in [0.2, 0.25) is 0 Å². The molecule has 2 aliphatic rings. The maximum Gasteiger partial charge on any atom is 0.253 e. The number of rotatable bonds is 6. The minimum absolute atomic E-state index is 0.102. The Morgan fingerprint density at radius 3 is 2.39 bits per heavy atom. The third-order valence-corrected chi connectivity index (χ3v) is 7.21. The van der Waals surface area contributed by atoms with E-state index in [2.05, 4.69) is 55.2 Å². The summed E-state index contributed by atoms with van der Waals surface area (Å²) in [4.78, 5) is 19.5. The van der Waals surface area contributed by atoms with E-state index >= 15 is 0 Å². The van der Waals surface area contributed by atoms with E-state index in [9.17, 15) is 9.90 Å². The van der Waals surface area contributed by atoms with Gasteiger partial charge in [-0.05, 0) is 43.0 Å². The Labute approximate surface area is 185 Å². The number of aromatic nitrogens is 1. The average molecular weight is 422 g/mol. The van der Waals surface area contributed by atoms with Crippen molar-refractivity contribution >= 4 is 5.91 Å². The molecule has 1 unspecified atom stereocenters. The molecular formula is C26H35N3O2. The van der Waals surface area contributed by atoms with Gasteiger partial charge in [-0.25, -0.2) is 0 Å². The van der Waals surface area contributed by atoms with Crippen LogP contribution in [-0.2, 0) is 5.60 Å². The van der Waals surface area contributed by atoms with Gasteiger partial charge in [0.25, 0.3) is 5.91 Å². The molecule has 1 atom stereocenters. The summed E-state index contributed by atoms with van der Waals surface area (Å²) < 4.78 is 0. The van der Waals surface area contributed by atoms with Crippen LogP contribution < -0.4 is 5.32 Å². The van der Waals surface area contributed by atoms with Gasteiger partial charge in [-0.2, -0.15) is 0 Å². The highest BCUT2D eigenvalue weighted by Crippen LogP contribution is 2.50. The first kappa shape index (κ1) is 22.0. The fraction of sp³-hybridized carbons (Fsp3) is 0.538. The third-order valence-electron chi connectivity index (χ3n) is 7.21. The zero-order chi connectivity index (χ0) is 22.2. The Morgan fingerprint density at radius 1 is 1.16 bits per heavy atom. The number of hydrogen-bond donors (Lipinski definition) is 2. The van der Waals surface area contributed by atoms with Crippen LogP contribution in [-0.4, -0.2) is 47.1 Å². The van der Waals surface area contributed by atoms with E-state index in [4.69, 9.17) is 0 Å². The van der Waals surface area contributed by atoms with Crippen molar-refractivity contribution < 1.29 is 9.90 Å². The van der Waals surface area contributed by atoms with Gasteiger partial charge < -0.3 is 15.3 Å². The Kier molecular flexibility index (Phi) is 5.93. The van der Waals surface area contributed by atoms with Gasteiger partial charge in [0.15, 0.2) is 0 Å². The Bertz CT molecular complexity index is 928. The van der Waals surface area contributed by atoms with Crippen LogP contribution in [0, 0.1) is 5.41 Å². The number of nitrogens with one attached hydrogen (secondary N) is 1. The van der Waals surface area contributed by atoms with Gasteiger partial charge in [0.1, 0.15) is 5.60 Å². The first-order chi connectivity index (χ1) is 14.7. The summed E-state index contributed by atoms with van der Waals surface area (Å²) in [5.41, 5.74) is 1.68. The van der Waals surface area contributed by atoms with Crippen LogP contribution in [0.4, 0.5) is 0 Å². The zero-order valence-electron chi connectivity index (χ0n) is 19.2. The van der Waals surface area contributed by atoms with Gasteiger partial charge >= 0.3 is 0 Å². The summed E-state index contributed by atoms with van der Waals surface area (Å²) >= 11 is 0. The monoisotopic (exact) mass is 421 g/mol. The van der Waals surface area contributed by atoms with Gasteiger partial charge in [-0.1, -0.05) is 57.9 Å². The molecule has 5 nitrogen and oxygen atoms in total.